The number of carbonyl (C=O) groups excluding carboxylic acids is 1. The van der Waals surface area contributed by atoms with Gasteiger partial charge in [-0.05, 0) is 45.6 Å². The lowest BCUT2D eigenvalue weighted by molar-refractivity contribution is -0.142. The van der Waals surface area contributed by atoms with Gasteiger partial charge in [-0.15, -0.1) is 0 Å². The zero-order chi connectivity index (χ0) is 17.7. The highest BCUT2D eigenvalue weighted by molar-refractivity contribution is 5.75. The molecule has 1 aliphatic rings. The number of urea groups is 1. The number of methoxy groups -OCH3 is 1. The number of aliphatic carboxylic acids is 1. The molecule has 2 rings (SSSR count). The number of amides is 2. The molecule has 1 saturated carbocycles. The van der Waals surface area contributed by atoms with Crippen LogP contribution in [-0.2, 0) is 4.79 Å². The number of hydrogen-bond acceptors (Lipinski definition) is 3. The maximum atomic E-state index is 12.2. The van der Waals surface area contributed by atoms with E-state index in [1.54, 1.807) is 7.11 Å². The number of rotatable bonds is 5. The Morgan fingerprint density at radius 2 is 1.92 bits per heavy atom. The molecule has 132 valence electrons. The smallest absolute Gasteiger partial charge is 0.315 e. The second kappa shape index (κ2) is 8.04. The van der Waals surface area contributed by atoms with Crippen LogP contribution in [0.3, 0.4) is 0 Å². The minimum Gasteiger partial charge on any atom is -0.496 e. The fourth-order valence-electron chi connectivity index (χ4n) is 3.18. The van der Waals surface area contributed by atoms with Gasteiger partial charge in [0.25, 0.3) is 0 Å². The number of carboxylic acids is 1. The van der Waals surface area contributed by atoms with E-state index >= 15 is 0 Å². The number of hydrogen-bond donors (Lipinski definition) is 3. The number of ether oxygens (including phenoxy) is 1. The maximum absolute atomic E-state index is 12.2. The van der Waals surface area contributed by atoms with E-state index in [4.69, 9.17) is 9.84 Å². The first kappa shape index (κ1) is 18.1. The average Bonchev–Trinajstić information content (AvgIpc) is 2.55. The zero-order valence-electron chi connectivity index (χ0n) is 14.5. The molecule has 1 aliphatic carbocycles. The van der Waals surface area contributed by atoms with Gasteiger partial charge in [0.2, 0.25) is 0 Å². The second-order valence-electron chi connectivity index (χ2n) is 6.47. The van der Waals surface area contributed by atoms with Crippen LogP contribution in [0.1, 0.15) is 49.8 Å². The predicted octanol–water partition coefficient (Wildman–Crippen LogP) is 3.01. The first-order valence-corrected chi connectivity index (χ1v) is 8.35. The predicted molar refractivity (Wildman–Crippen MR) is 91.2 cm³/mol. The van der Waals surface area contributed by atoms with Gasteiger partial charge in [-0.25, -0.2) is 4.79 Å². The topological polar surface area (TPSA) is 87.7 Å². The van der Waals surface area contributed by atoms with E-state index in [0.29, 0.717) is 25.7 Å². The van der Waals surface area contributed by atoms with Crippen LogP contribution in [0.5, 0.6) is 5.75 Å². The lowest BCUT2D eigenvalue weighted by atomic mass is 9.86. The minimum absolute atomic E-state index is 0.0344. The van der Waals surface area contributed by atoms with Gasteiger partial charge in [-0.2, -0.15) is 0 Å². The lowest BCUT2D eigenvalue weighted by Crippen LogP contribution is -2.44. The molecule has 1 fully saturated rings. The van der Waals surface area contributed by atoms with Gasteiger partial charge in [0, 0.05) is 11.6 Å². The Kier molecular flexibility index (Phi) is 6.06. The third-order valence-corrected chi connectivity index (χ3v) is 4.61. The molecule has 1 atom stereocenters. The normalized spacial score (nSPS) is 21.6. The van der Waals surface area contributed by atoms with Crippen LogP contribution < -0.4 is 15.4 Å². The van der Waals surface area contributed by atoms with Gasteiger partial charge in [0.1, 0.15) is 5.75 Å². The highest BCUT2D eigenvalue weighted by atomic mass is 16.5. The summed E-state index contributed by atoms with van der Waals surface area (Å²) in [5.41, 5.74) is 2.04. The van der Waals surface area contributed by atoms with Gasteiger partial charge in [-0.1, -0.05) is 17.7 Å². The first-order chi connectivity index (χ1) is 11.4. The summed E-state index contributed by atoms with van der Waals surface area (Å²) in [4.78, 5) is 23.2. The van der Waals surface area contributed by atoms with Crippen LogP contribution in [0, 0.1) is 12.8 Å². The van der Waals surface area contributed by atoms with E-state index in [0.717, 1.165) is 16.9 Å². The molecule has 0 spiro atoms. The molecular formula is C18H26N2O4. The van der Waals surface area contributed by atoms with Crippen molar-refractivity contribution in [1.82, 2.24) is 10.6 Å². The number of nitrogens with one attached hydrogen (secondary N) is 2. The number of carbonyl (C=O) groups is 2. The molecule has 1 unspecified atom stereocenters. The van der Waals surface area contributed by atoms with Crippen LogP contribution in [0.25, 0.3) is 0 Å². The Morgan fingerprint density at radius 1 is 1.25 bits per heavy atom. The van der Waals surface area contributed by atoms with Crippen LogP contribution in [-0.4, -0.2) is 30.3 Å². The van der Waals surface area contributed by atoms with E-state index in [1.165, 1.54) is 0 Å². The molecule has 0 radical (unpaired) electrons. The van der Waals surface area contributed by atoms with E-state index in [9.17, 15) is 9.59 Å². The molecule has 6 heteroatoms. The molecule has 2 amide bonds. The molecule has 0 heterocycles. The van der Waals surface area contributed by atoms with E-state index in [-0.39, 0.29) is 24.0 Å². The Hall–Kier alpha value is -2.24. The van der Waals surface area contributed by atoms with Gasteiger partial charge in [-0.3, -0.25) is 4.79 Å². The summed E-state index contributed by atoms with van der Waals surface area (Å²) < 4.78 is 5.36. The standard InChI is InChI=1S/C18H26N2O4/c1-11-4-9-16(24-3)15(10-11)12(2)19-18(23)20-14-7-5-13(6-8-14)17(21)22/h4,9-10,12-14H,5-8H2,1-3H3,(H,21,22)(H2,19,20,23). The van der Waals surface area contributed by atoms with Crippen molar-refractivity contribution in [2.24, 2.45) is 5.92 Å². The van der Waals surface area contributed by atoms with Gasteiger partial charge < -0.3 is 20.5 Å². The van der Waals surface area contributed by atoms with Crippen LogP contribution in [0.2, 0.25) is 0 Å². The summed E-state index contributed by atoms with van der Waals surface area (Å²) in [5, 5.41) is 14.9. The minimum atomic E-state index is -0.738. The molecule has 6 nitrogen and oxygen atoms in total. The summed E-state index contributed by atoms with van der Waals surface area (Å²) in [7, 11) is 1.61. The zero-order valence-corrected chi connectivity index (χ0v) is 14.5. The van der Waals surface area contributed by atoms with E-state index < -0.39 is 5.97 Å². The van der Waals surface area contributed by atoms with Crippen molar-refractivity contribution in [1.29, 1.82) is 0 Å². The van der Waals surface area contributed by atoms with Crippen molar-refractivity contribution in [3.05, 3.63) is 29.3 Å². The van der Waals surface area contributed by atoms with E-state index in [2.05, 4.69) is 10.6 Å². The highest BCUT2D eigenvalue weighted by Crippen LogP contribution is 2.27. The molecule has 3 N–H and O–H groups in total. The Morgan fingerprint density at radius 3 is 2.50 bits per heavy atom. The van der Waals surface area contributed by atoms with Crippen molar-refractivity contribution in [2.45, 2.75) is 51.6 Å². The molecule has 1 aromatic carbocycles. The Balaban J connectivity index is 1.89. The van der Waals surface area contributed by atoms with Crippen LogP contribution in [0.4, 0.5) is 4.79 Å². The first-order valence-electron chi connectivity index (χ1n) is 8.35. The van der Waals surface area contributed by atoms with E-state index in [1.807, 2.05) is 32.0 Å². The molecule has 24 heavy (non-hydrogen) atoms. The van der Waals surface area contributed by atoms with Crippen molar-refractivity contribution in [3.63, 3.8) is 0 Å². The fourth-order valence-corrected chi connectivity index (χ4v) is 3.18. The van der Waals surface area contributed by atoms with Crippen molar-refractivity contribution < 1.29 is 19.4 Å². The highest BCUT2D eigenvalue weighted by Gasteiger charge is 2.27. The van der Waals surface area contributed by atoms with Gasteiger partial charge in [0.05, 0.1) is 19.1 Å². The molecule has 0 aromatic heterocycles. The van der Waals surface area contributed by atoms with Crippen LogP contribution in [0.15, 0.2) is 18.2 Å². The number of benzene rings is 1. The monoisotopic (exact) mass is 334 g/mol. The average molecular weight is 334 g/mol. The molecular weight excluding hydrogens is 308 g/mol. The van der Waals surface area contributed by atoms with Crippen molar-refractivity contribution in [3.8, 4) is 5.75 Å². The van der Waals surface area contributed by atoms with Crippen molar-refractivity contribution >= 4 is 12.0 Å². The summed E-state index contributed by atoms with van der Waals surface area (Å²) in [6, 6.07) is 5.48. The fraction of sp³-hybridized carbons (Fsp3) is 0.556. The lowest BCUT2D eigenvalue weighted by Gasteiger charge is -2.27. The third-order valence-electron chi connectivity index (χ3n) is 4.61. The third kappa shape index (κ3) is 4.63. The molecule has 1 aromatic rings. The Labute approximate surface area is 142 Å². The number of carboxylic acid groups (broad SMARTS) is 1. The van der Waals surface area contributed by atoms with Gasteiger partial charge >= 0.3 is 12.0 Å². The maximum Gasteiger partial charge on any atom is 0.315 e. The molecule has 0 saturated heterocycles. The second-order valence-corrected chi connectivity index (χ2v) is 6.47. The number of aryl methyl sites for hydroxylation is 1. The summed E-state index contributed by atoms with van der Waals surface area (Å²) in [5.74, 6) is -0.268. The quantitative estimate of drug-likeness (QED) is 0.772. The Bertz CT molecular complexity index is 595. The molecule has 0 bridgehead atoms. The molecule has 0 aliphatic heterocycles. The van der Waals surface area contributed by atoms with Crippen molar-refractivity contribution in [2.75, 3.05) is 7.11 Å². The SMILES string of the molecule is COc1ccc(C)cc1C(C)NC(=O)NC1CCC(C(=O)O)CC1. The largest absolute Gasteiger partial charge is 0.496 e. The summed E-state index contributed by atoms with van der Waals surface area (Å²) in [6.07, 6.45) is 2.63. The summed E-state index contributed by atoms with van der Waals surface area (Å²) >= 11 is 0. The summed E-state index contributed by atoms with van der Waals surface area (Å²) in [6.45, 7) is 3.91. The van der Waals surface area contributed by atoms with Gasteiger partial charge in [0.15, 0.2) is 0 Å². The van der Waals surface area contributed by atoms with Crippen LogP contribution >= 0.6 is 0 Å².